The summed E-state index contributed by atoms with van der Waals surface area (Å²) in [5.41, 5.74) is 0. The van der Waals surface area contributed by atoms with Crippen molar-refractivity contribution >= 4 is 40.0 Å². The Balaban J connectivity index is 0.00000420. The van der Waals surface area contributed by atoms with Crippen molar-refractivity contribution in [1.29, 1.82) is 0 Å². The largest absolute Gasteiger partial charge is 0.489 e. The van der Waals surface area contributed by atoms with Crippen LogP contribution in [0.5, 0.6) is 5.75 Å². The molecule has 1 aliphatic rings. The predicted molar refractivity (Wildman–Crippen MR) is 125 cm³/mol. The second-order valence-corrected chi connectivity index (χ2v) is 8.92. The summed E-state index contributed by atoms with van der Waals surface area (Å²) < 4.78 is 45.4. The zero-order valence-corrected chi connectivity index (χ0v) is 20.1. The number of nitrogens with zero attached hydrogens (tertiary/aromatic N) is 1. The van der Waals surface area contributed by atoms with E-state index in [4.69, 9.17) is 4.74 Å². The maximum absolute atomic E-state index is 12.9. The average molecular weight is 542 g/mol. The van der Waals surface area contributed by atoms with Gasteiger partial charge in [-0.3, -0.25) is 0 Å². The highest BCUT2D eigenvalue weighted by Crippen LogP contribution is 2.25. The SMILES string of the molecule is CCNC(=NCC(C)Oc1ccc(F)cc1)NCCS(=O)(=O)NCC1CCC1.I. The van der Waals surface area contributed by atoms with Crippen LogP contribution in [0, 0.1) is 11.7 Å². The van der Waals surface area contributed by atoms with Crippen molar-refractivity contribution in [3.63, 3.8) is 0 Å². The first kappa shape index (κ1) is 25.9. The summed E-state index contributed by atoms with van der Waals surface area (Å²) in [4.78, 5) is 4.42. The highest BCUT2D eigenvalue weighted by molar-refractivity contribution is 14.0. The van der Waals surface area contributed by atoms with Crippen molar-refractivity contribution in [2.45, 2.75) is 39.2 Å². The van der Waals surface area contributed by atoms with Crippen LogP contribution in [-0.4, -0.2) is 52.4 Å². The Hall–Kier alpha value is -1.14. The lowest BCUT2D eigenvalue weighted by atomic mass is 9.86. The normalized spacial score (nSPS) is 15.8. The number of sulfonamides is 1. The van der Waals surface area contributed by atoms with Gasteiger partial charge in [0.15, 0.2) is 5.96 Å². The standard InChI is InChI=1S/C19H31FN4O3S.HI/c1-3-21-19(22-11-12-28(25,26)24-14-16-5-4-6-16)23-13-15(2)27-18-9-7-17(20)8-10-18;/h7-10,15-16,24H,3-6,11-14H2,1-2H3,(H2,21,22,23);1H. The van der Waals surface area contributed by atoms with Gasteiger partial charge in [0.05, 0.1) is 12.3 Å². The van der Waals surface area contributed by atoms with Gasteiger partial charge in [0.25, 0.3) is 0 Å². The molecule has 1 saturated carbocycles. The summed E-state index contributed by atoms with van der Waals surface area (Å²) in [6, 6.07) is 5.83. The van der Waals surface area contributed by atoms with Gasteiger partial charge in [-0.2, -0.15) is 0 Å². The van der Waals surface area contributed by atoms with Crippen molar-refractivity contribution in [1.82, 2.24) is 15.4 Å². The molecular weight excluding hydrogens is 510 g/mol. The van der Waals surface area contributed by atoms with Gasteiger partial charge in [0, 0.05) is 19.6 Å². The van der Waals surface area contributed by atoms with E-state index in [-0.39, 0.29) is 48.2 Å². The molecule has 0 spiro atoms. The Morgan fingerprint density at radius 1 is 1.28 bits per heavy atom. The molecule has 2 rings (SSSR count). The van der Waals surface area contributed by atoms with Crippen molar-refractivity contribution in [2.24, 2.45) is 10.9 Å². The van der Waals surface area contributed by atoms with Gasteiger partial charge >= 0.3 is 0 Å². The first-order valence-electron chi connectivity index (χ1n) is 9.79. The van der Waals surface area contributed by atoms with E-state index in [1.165, 1.54) is 18.6 Å². The van der Waals surface area contributed by atoms with Crippen LogP contribution in [-0.2, 0) is 10.0 Å². The fourth-order valence-corrected chi connectivity index (χ4v) is 3.67. The molecule has 0 saturated heterocycles. The van der Waals surface area contributed by atoms with E-state index >= 15 is 0 Å². The van der Waals surface area contributed by atoms with E-state index in [0.717, 1.165) is 12.8 Å². The van der Waals surface area contributed by atoms with Crippen LogP contribution in [0.4, 0.5) is 4.39 Å². The Kier molecular flexibility index (Phi) is 11.8. The monoisotopic (exact) mass is 542 g/mol. The first-order valence-corrected chi connectivity index (χ1v) is 11.4. The Labute approximate surface area is 190 Å². The Bertz CT molecular complexity index is 727. The molecule has 29 heavy (non-hydrogen) atoms. The minimum atomic E-state index is -3.29. The highest BCUT2D eigenvalue weighted by Gasteiger charge is 2.20. The minimum Gasteiger partial charge on any atom is -0.489 e. The lowest BCUT2D eigenvalue weighted by Gasteiger charge is -2.25. The molecule has 0 heterocycles. The lowest BCUT2D eigenvalue weighted by Crippen LogP contribution is -2.42. The van der Waals surface area contributed by atoms with Gasteiger partial charge in [-0.25, -0.2) is 22.5 Å². The quantitative estimate of drug-likeness (QED) is 0.227. The number of halogens is 2. The molecule has 1 aliphatic carbocycles. The molecule has 0 radical (unpaired) electrons. The third-order valence-electron chi connectivity index (χ3n) is 4.48. The van der Waals surface area contributed by atoms with Crippen LogP contribution < -0.4 is 20.1 Å². The summed E-state index contributed by atoms with van der Waals surface area (Å²) in [6.07, 6.45) is 3.19. The second-order valence-electron chi connectivity index (χ2n) is 6.99. The third-order valence-corrected chi connectivity index (χ3v) is 5.83. The predicted octanol–water partition coefficient (Wildman–Crippen LogP) is 2.49. The number of hydrogen-bond donors (Lipinski definition) is 3. The number of guanidine groups is 1. The van der Waals surface area contributed by atoms with Crippen LogP contribution in [0.15, 0.2) is 29.3 Å². The van der Waals surface area contributed by atoms with Gasteiger partial charge in [-0.15, -0.1) is 24.0 Å². The van der Waals surface area contributed by atoms with Crippen molar-refractivity contribution in [3.8, 4) is 5.75 Å². The molecule has 1 atom stereocenters. The molecule has 0 amide bonds. The van der Waals surface area contributed by atoms with E-state index in [2.05, 4.69) is 20.3 Å². The molecule has 166 valence electrons. The van der Waals surface area contributed by atoms with E-state index < -0.39 is 10.0 Å². The molecular formula is C19H32FIN4O3S. The molecule has 0 aliphatic heterocycles. The van der Waals surface area contributed by atoms with Gasteiger partial charge < -0.3 is 15.4 Å². The summed E-state index contributed by atoms with van der Waals surface area (Å²) in [5.74, 6) is 1.28. The van der Waals surface area contributed by atoms with Gasteiger partial charge in [-0.1, -0.05) is 6.42 Å². The number of ether oxygens (including phenoxy) is 1. The molecule has 0 aromatic heterocycles. The summed E-state index contributed by atoms with van der Waals surface area (Å²) in [5, 5.41) is 6.12. The molecule has 1 aromatic carbocycles. The van der Waals surface area contributed by atoms with E-state index in [1.807, 2.05) is 13.8 Å². The molecule has 7 nitrogen and oxygen atoms in total. The first-order chi connectivity index (χ1) is 13.4. The molecule has 0 bridgehead atoms. The molecule has 1 aromatic rings. The van der Waals surface area contributed by atoms with E-state index in [1.54, 1.807) is 12.1 Å². The van der Waals surface area contributed by atoms with Gasteiger partial charge in [-0.05, 0) is 56.9 Å². The number of benzene rings is 1. The van der Waals surface area contributed by atoms with Crippen molar-refractivity contribution in [3.05, 3.63) is 30.1 Å². The third kappa shape index (κ3) is 10.4. The van der Waals surface area contributed by atoms with Crippen molar-refractivity contribution < 1.29 is 17.5 Å². The smallest absolute Gasteiger partial charge is 0.213 e. The molecule has 3 N–H and O–H groups in total. The van der Waals surface area contributed by atoms with Crippen LogP contribution in [0.3, 0.4) is 0 Å². The van der Waals surface area contributed by atoms with Crippen molar-refractivity contribution in [2.75, 3.05) is 31.9 Å². The maximum atomic E-state index is 12.9. The van der Waals surface area contributed by atoms with Crippen LogP contribution >= 0.6 is 24.0 Å². The van der Waals surface area contributed by atoms with E-state index in [0.29, 0.717) is 37.3 Å². The molecule has 1 fully saturated rings. The molecule has 1 unspecified atom stereocenters. The number of aliphatic imine (C=N–C) groups is 1. The second kappa shape index (κ2) is 13.2. The Morgan fingerprint density at radius 2 is 1.97 bits per heavy atom. The zero-order chi connectivity index (χ0) is 20.4. The fourth-order valence-electron chi connectivity index (χ4n) is 2.66. The number of nitrogens with one attached hydrogen (secondary N) is 3. The van der Waals surface area contributed by atoms with Crippen LogP contribution in [0.25, 0.3) is 0 Å². The van der Waals surface area contributed by atoms with Crippen LogP contribution in [0.2, 0.25) is 0 Å². The number of rotatable bonds is 11. The maximum Gasteiger partial charge on any atom is 0.213 e. The minimum absolute atomic E-state index is 0. The summed E-state index contributed by atoms with van der Waals surface area (Å²) in [7, 11) is -3.29. The highest BCUT2D eigenvalue weighted by atomic mass is 127. The summed E-state index contributed by atoms with van der Waals surface area (Å²) in [6.45, 7) is 5.64. The number of hydrogen-bond acceptors (Lipinski definition) is 4. The Morgan fingerprint density at radius 3 is 2.55 bits per heavy atom. The zero-order valence-electron chi connectivity index (χ0n) is 17.0. The van der Waals surface area contributed by atoms with Crippen LogP contribution in [0.1, 0.15) is 33.1 Å². The average Bonchev–Trinajstić information content (AvgIpc) is 2.60. The van der Waals surface area contributed by atoms with E-state index in [9.17, 15) is 12.8 Å². The topological polar surface area (TPSA) is 91.8 Å². The summed E-state index contributed by atoms with van der Waals surface area (Å²) >= 11 is 0. The van der Waals surface area contributed by atoms with Gasteiger partial charge in [0.1, 0.15) is 17.7 Å². The molecule has 10 heteroatoms. The fraction of sp³-hybridized carbons (Fsp3) is 0.632. The van der Waals surface area contributed by atoms with Gasteiger partial charge in [0.2, 0.25) is 10.0 Å². The lowest BCUT2D eigenvalue weighted by molar-refractivity contribution is 0.230.